The van der Waals surface area contributed by atoms with Crippen molar-refractivity contribution in [3.63, 3.8) is 0 Å². The maximum absolute atomic E-state index is 14.1. The van der Waals surface area contributed by atoms with Crippen molar-refractivity contribution >= 4 is 41.5 Å². The number of rotatable bonds is 5. The Kier molecular flexibility index (Phi) is 9.36. The zero-order valence-corrected chi connectivity index (χ0v) is 21.0. The van der Waals surface area contributed by atoms with Crippen LogP contribution in [0.5, 0.6) is 0 Å². The minimum absolute atomic E-state index is 0. The maximum atomic E-state index is 14.1. The average molecular weight is 550 g/mol. The lowest BCUT2D eigenvalue weighted by Crippen LogP contribution is -2.52. The van der Waals surface area contributed by atoms with Crippen LogP contribution < -0.4 is 5.32 Å². The van der Waals surface area contributed by atoms with Gasteiger partial charge < -0.3 is 14.7 Å². The average Bonchev–Trinajstić information content (AvgIpc) is 3.04. The lowest BCUT2D eigenvalue weighted by atomic mass is 10.00. The molecule has 0 bridgehead atoms. The number of nitrogens with zero attached hydrogens (tertiary/aromatic N) is 4. The van der Waals surface area contributed by atoms with Gasteiger partial charge in [-0.1, -0.05) is 29.7 Å². The highest BCUT2D eigenvalue weighted by Gasteiger charge is 2.22. The molecule has 2 heterocycles. The number of hydrogen-bond donors (Lipinski definition) is 1. The van der Waals surface area contributed by atoms with E-state index in [9.17, 15) is 4.39 Å². The molecule has 9 heteroatoms. The van der Waals surface area contributed by atoms with E-state index in [1.807, 2.05) is 13.8 Å². The summed E-state index contributed by atoms with van der Waals surface area (Å²) in [6.45, 7) is 10.6. The molecule has 6 nitrogen and oxygen atoms in total. The van der Waals surface area contributed by atoms with Crippen molar-refractivity contribution in [3.05, 3.63) is 51.6 Å². The van der Waals surface area contributed by atoms with Crippen molar-refractivity contribution < 1.29 is 8.91 Å². The van der Waals surface area contributed by atoms with Crippen molar-refractivity contribution in [2.75, 3.05) is 39.8 Å². The van der Waals surface area contributed by atoms with E-state index in [0.29, 0.717) is 17.1 Å². The smallest absolute Gasteiger partial charge is 0.193 e. The van der Waals surface area contributed by atoms with Crippen molar-refractivity contribution in [1.29, 1.82) is 0 Å². The second-order valence-corrected chi connectivity index (χ2v) is 7.94. The van der Waals surface area contributed by atoms with Crippen LogP contribution in [-0.4, -0.2) is 60.7 Å². The number of nitrogens with one attached hydrogen (secondary N) is 1. The highest BCUT2D eigenvalue weighted by atomic mass is 127. The number of aryl methyl sites for hydroxylation is 2. The van der Waals surface area contributed by atoms with Crippen LogP contribution in [0.3, 0.4) is 0 Å². The molecule has 0 aliphatic carbocycles. The van der Waals surface area contributed by atoms with Crippen molar-refractivity contribution in [2.24, 2.45) is 4.99 Å². The molecular formula is C21H30ClFIN5O. The summed E-state index contributed by atoms with van der Waals surface area (Å²) >= 11 is 6.17. The largest absolute Gasteiger partial charge is 0.361 e. The van der Waals surface area contributed by atoms with Crippen LogP contribution in [0.15, 0.2) is 27.7 Å². The Hall–Kier alpha value is -1.39. The molecular weight excluding hydrogens is 520 g/mol. The Balaban J connectivity index is 0.00000320. The van der Waals surface area contributed by atoms with Gasteiger partial charge in [0, 0.05) is 68.4 Å². The van der Waals surface area contributed by atoms with Crippen LogP contribution >= 0.6 is 35.6 Å². The molecule has 1 atom stereocenters. The highest BCUT2D eigenvalue weighted by molar-refractivity contribution is 14.0. The lowest BCUT2D eigenvalue weighted by Gasteiger charge is -2.37. The van der Waals surface area contributed by atoms with Gasteiger partial charge in [-0.15, -0.1) is 24.0 Å². The van der Waals surface area contributed by atoms with E-state index in [0.717, 1.165) is 55.7 Å². The predicted molar refractivity (Wildman–Crippen MR) is 129 cm³/mol. The van der Waals surface area contributed by atoms with E-state index < -0.39 is 0 Å². The molecule has 1 unspecified atom stereocenters. The third-order valence-corrected chi connectivity index (χ3v) is 5.83. The molecule has 30 heavy (non-hydrogen) atoms. The van der Waals surface area contributed by atoms with Crippen LogP contribution in [0, 0.1) is 19.7 Å². The second-order valence-electron chi connectivity index (χ2n) is 7.53. The van der Waals surface area contributed by atoms with E-state index in [-0.39, 0.29) is 35.7 Å². The monoisotopic (exact) mass is 549 g/mol. The summed E-state index contributed by atoms with van der Waals surface area (Å²) in [5.41, 5.74) is 2.66. The fourth-order valence-corrected chi connectivity index (χ4v) is 4.12. The van der Waals surface area contributed by atoms with Crippen LogP contribution in [0.2, 0.25) is 5.02 Å². The molecule has 1 fully saturated rings. The van der Waals surface area contributed by atoms with Gasteiger partial charge in [-0.05, 0) is 26.0 Å². The Morgan fingerprint density at radius 1 is 1.30 bits per heavy atom. The molecule has 1 aromatic carbocycles. The first-order valence-corrected chi connectivity index (χ1v) is 10.3. The molecule has 1 aliphatic rings. The van der Waals surface area contributed by atoms with Crippen LogP contribution in [0.1, 0.15) is 35.4 Å². The molecule has 2 aromatic rings. The first kappa shape index (κ1) is 24.9. The number of halogens is 3. The number of piperazine rings is 1. The molecule has 1 saturated heterocycles. The summed E-state index contributed by atoms with van der Waals surface area (Å²) < 4.78 is 19.3. The minimum Gasteiger partial charge on any atom is -0.361 e. The molecule has 0 spiro atoms. The van der Waals surface area contributed by atoms with Gasteiger partial charge in [0.05, 0.1) is 5.69 Å². The van der Waals surface area contributed by atoms with Gasteiger partial charge in [0.15, 0.2) is 5.96 Å². The first-order valence-electron chi connectivity index (χ1n) is 9.94. The van der Waals surface area contributed by atoms with Gasteiger partial charge in [-0.3, -0.25) is 9.89 Å². The van der Waals surface area contributed by atoms with E-state index >= 15 is 0 Å². The fourth-order valence-electron chi connectivity index (χ4n) is 3.90. The van der Waals surface area contributed by atoms with Crippen molar-refractivity contribution in [1.82, 2.24) is 20.3 Å². The van der Waals surface area contributed by atoms with Gasteiger partial charge in [0.25, 0.3) is 0 Å². The van der Waals surface area contributed by atoms with Gasteiger partial charge in [0.2, 0.25) is 0 Å². The summed E-state index contributed by atoms with van der Waals surface area (Å²) in [6, 6.07) is 4.84. The predicted octanol–water partition coefficient (Wildman–Crippen LogP) is 4.20. The number of aromatic nitrogens is 1. The summed E-state index contributed by atoms with van der Waals surface area (Å²) in [5, 5.41) is 8.00. The lowest BCUT2D eigenvalue weighted by molar-refractivity contribution is 0.171. The molecule has 166 valence electrons. The molecule has 0 amide bonds. The first-order chi connectivity index (χ1) is 13.9. The van der Waals surface area contributed by atoms with Crippen molar-refractivity contribution in [3.8, 4) is 0 Å². The molecule has 3 rings (SSSR count). The van der Waals surface area contributed by atoms with E-state index in [1.54, 1.807) is 19.2 Å². The SMILES string of the molecule is CN=C(NCC(C)c1c(C)noc1C)N1CCN(Cc2c(F)cccc2Cl)CC1.I. The second kappa shape index (κ2) is 11.3. The Morgan fingerprint density at radius 2 is 2.00 bits per heavy atom. The third-order valence-electron chi connectivity index (χ3n) is 5.47. The molecule has 0 radical (unpaired) electrons. The van der Waals surface area contributed by atoms with Crippen LogP contribution in [-0.2, 0) is 6.54 Å². The minimum atomic E-state index is -0.245. The number of aliphatic imine (C=N–C) groups is 1. The third kappa shape index (κ3) is 5.85. The summed E-state index contributed by atoms with van der Waals surface area (Å²) in [4.78, 5) is 8.90. The number of benzene rings is 1. The summed E-state index contributed by atoms with van der Waals surface area (Å²) in [7, 11) is 1.80. The topological polar surface area (TPSA) is 56.9 Å². The van der Waals surface area contributed by atoms with Gasteiger partial charge in [0.1, 0.15) is 11.6 Å². The molecule has 1 N–H and O–H groups in total. The zero-order valence-electron chi connectivity index (χ0n) is 17.9. The van der Waals surface area contributed by atoms with Gasteiger partial charge in [-0.2, -0.15) is 0 Å². The Bertz CT molecular complexity index is 827. The number of guanidine groups is 1. The van der Waals surface area contributed by atoms with E-state index in [2.05, 4.69) is 32.2 Å². The Morgan fingerprint density at radius 3 is 2.57 bits per heavy atom. The van der Waals surface area contributed by atoms with Gasteiger partial charge in [-0.25, -0.2) is 4.39 Å². The van der Waals surface area contributed by atoms with Crippen molar-refractivity contribution in [2.45, 2.75) is 33.2 Å². The van der Waals surface area contributed by atoms with Crippen LogP contribution in [0.4, 0.5) is 4.39 Å². The normalized spacial score (nSPS) is 16.3. The molecule has 1 aliphatic heterocycles. The number of hydrogen-bond acceptors (Lipinski definition) is 4. The maximum Gasteiger partial charge on any atom is 0.193 e. The van der Waals surface area contributed by atoms with Gasteiger partial charge >= 0.3 is 0 Å². The molecule has 0 saturated carbocycles. The highest BCUT2D eigenvalue weighted by Crippen LogP contribution is 2.23. The zero-order chi connectivity index (χ0) is 21.0. The standard InChI is InChI=1S/C21H29ClFN5O.HI/c1-14(20-15(2)26-29-16(20)3)12-25-21(24-4)28-10-8-27(9-11-28)13-17-18(22)6-5-7-19(17)23;/h5-7,14H,8-13H2,1-4H3,(H,24,25);1H. The van der Waals surface area contributed by atoms with Crippen LogP contribution in [0.25, 0.3) is 0 Å². The Labute approximate surface area is 199 Å². The summed E-state index contributed by atoms with van der Waals surface area (Å²) in [6.07, 6.45) is 0. The van der Waals surface area contributed by atoms with E-state index in [1.165, 1.54) is 6.07 Å². The quantitative estimate of drug-likeness (QED) is 0.344. The fraction of sp³-hybridized carbons (Fsp3) is 0.524. The molecule has 1 aromatic heterocycles. The summed E-state index contributed by atoms with van der Waals surface area (Å²) in [5.74, 6) is 1.77. The van der Waals surface area contributed by atoms with E-state index in [4.69, 9.17) is 16.1 Å².